The number of anilines is 2. The van der Waals surface area contributed by atoms with E-state index >= 15 is 0 Å². The minimum absolute atomic E-state index is 0.174. The predicted octanol–water partition coefficient (Wildman–Crippen LogP) is 3.51. The molecule has 0 unspecified atom stereocenters. The van der Waals surface area contributed by atoms with E-state index in [0.29, 0.717) is 32.8 Å². The molecule has 2 aliphatic rings. The molecular weight excluding hydrogens is 517 g/mol. The van der Waals surface area contributed by atoms with Crippen molar-refractivity contribution in [3.63, 3.8) is 0 Å². The van der Waals surface area contributed by atoms with Gasteiger partial charge in [-0.2, -0.15) is 18.3 Å². The van der Waals surface area contributed by atoms with E-state index < -0.39 is 43.3 Å². The van der Waals surface area contributed by atoms with Crippen molar-refractivity contribution in [3.8, 4) is 0 Å². The van der Waals surface area contributed by atoms with E-state index in [1.807, 2.05) is 4.90 Å². The monoisotopic (exact) mass is 536 g/mol. The number of aryl methyl sites for hydroxylation is 1. The first-order valence-electron chi connectivity index (χ1n) is 11.2. The van der Waals surface area contributed by atoms with Gasteiger partial charge in [-0.05, 0) is 30.5 Å². The zero-order valence-corrected chi connectivity index (χ0v) is 20.2. The highest BCUT2D eigenvalue weighted by Crippen LogP contribution is 2.39. The van der Waals surface area contributed by atoms with Gasteiger partial charge in [0, 0.05) is 25.3 Å². The van der Waals surface area contributed by atoms with E-state index in [0.717, 1.165) is 31.3 Å². The Labute approximate surface area is 213 Å². The number of imide groups is 1. The molecule has 5 rings (SSSR count). The number of aromatic nitrogens is 3. The van der Waals surface area contributed by atoms with Gasteiger partial charge >= 0.3 is 12.3 Å². The molecule has 1 aromatic carbocycles. The second-order valence-corrected chi connectivity index (χ2v) is 9.04. The Balaban J connectivity index is 1.41. The fraction of sp³-hybridized carbons (Fsp3) is 0.348. The number of carbonyl (C=O) groups excluding carboxylic acids is 3. The Morgan fingerprint density at radius 3 is 2.62 bits per heavy atom. The first kappa shape index (κ1) is 24.8. The maximum atomic E-state index is 14.1. The van der Waals surface area contributed by atoms with E-state index in [4.69, 9.17) is 11.6 Å². The fourth-order valence-corrected chi connectivity index (χ4v) is 4.76. The standard InChI is InChI=1S/C23H20ClF3N6O4/c1-30(19(34)11-32-20(35)12-37-22(32)36)21(23(25,26)27)13-4-6-14(7-5-13)31-8-2-3-15-16(31)10-28-18-9-17(24)29-33(15)18/h4-7,9-10,21H,2-3,8,11-12H2,1H3/t21-/m0/s1. The summed E-state index contributed by atoms with van der Waals surface area (Å²) in [4.78, 5) is 43.2. The topological polar surface area (TPSA) is 100 Å². The highest BCUT2D eigenvalue weighted by atomic mass is 35.5. The molecule has 194 valence electrons. The van der Waals surface area contributed by atoms with Crippen molar-refractivity contribution in [2.75, 3.05) is 31.6 Å². The lowest BCUT2D eigenvalue weighted by atomic mass is 10.0. The number of cyclic esters (lactones) is 1. The van der Waals surface area contributed by atoms with Crippen LogP contribution < -0.4 is 4.90 Å². The number of rotatable bonds is 5. The van der Waals surface area contributed by atoms with Crippen molar-refractivity contribution >= 4 is 46.5 Å². The Hall–Kier alpha value is -3.87. The molecule has 3 amide bonds. The van der Waals surface area contributed by atoms with E-state index in [-0.39, 0.29) is 5.56 Å². The number of carbonyl (C=O) groups is 3. The van der Waals surface area contributed by atoms with Gasteiger partial charge in [0.2, 0.25) is 5.91 Å². The summed E-state index contributed by atoms with van der Waals surface area (Å²) in [6, 6.07) is 5.05. The third kappa shape index (κ3) is 4.54. The number of fused-ring (bicyclic) bond motifs is 3. The molecule has 1 saturated heterocycles. The summed E-state index contributed by atoms with van der Waals surface area (Å²) < 4.78 is 48.4. The number of benzene rings is 1. The first-order chi connectivity index (χ1) is 17.5. The molecule has 2 aromatic heterocycles. The van der Waals surface area contributed by atoms with E-state index in [2.05, 4.69) is 14.8 Å². The number of ether oxygens (including phenoxy) is 1. The summed E-state index contributed by atoms with van der Waals surface area (Å²) in [7, 11) is 0.979. The normalized spacial score (nSPS) is 16.7. The van der Waals surface area contributed by atoms with Crippen molar-refractivity contribution in [3.05, 3.63) is 52.9 Å². The summed E-state index contributed by atoms with van der Waals surface area (Å²) in [6.45, 7) is -0.772. The van der Waals surface area contributed by atoms with E-state index in [1.165, 1.54) is 12.1 Å². The molecule has 2 aliphatic heterocycles. The van der Waals surface area contributed by atoms with Gasteiger partial charge in [-0.1, -0.05) is 23.7 Å². The Morgan fingerprint density at radius 2 is 1.97 bits per heavy atom. The molecule has 37 heavy (non-hydrogen) atoms. The smallest absolute Gasteiger partial charge is 0.417 e. The zero-order valence-electron chi connectivity index (χ0n) is 19.4. The van der Waals surface area contributed by atoms with E-state index in [9.17, 15) is 27.6 Å². The molecule has 1 atom stereocenters. The lowest BCUT2D eigenvalue weighted by Crippen LogP contribution is -2.45. The van der Waals surface area contributed by atoms with Gasteiger partial charge in [-0.3, -0.25) is 9.59 Å². The van der Waals surface area contributed by atoms with Crippen LogP contribution in [0.2, 0.25) is 5.15 Å². The Morgan fingerprint density at radius 1 is 1.24 bits per heavy atom. The van der Waals surface area contributed by atoms with Crippen molar-refractivity contribution in [1.82, 2.24) is 24.4 Å². The highest BCUT2D eigenvalue weighted by Gasteiger charge is 2.46. The zero-order chi connectivity index (χ0) is 26.5. The number of nitrogens with zero attached hydrogens (tertiary/aromatic N) is 6. The summed E-state index contributed by atoms with van der Waals surface area (Å²) in [5, 5.41) is 4.59. The molecule has 0 aliphatic carbocycles. The lowest BCUT2D eigenvalue weighted by molar-refractivity contribution is -0.189. The molecule has 4 heterocycles. The number of halogens is 4. The maximum Gasteiger partial charge on any atom is 0.417 e. The SMILES string of the molecule is CN(C(=O)CN1C(=O)COC1=O)[C@@H](c1ccc(N2CCCc3c2cnc2cc(Cl)nn32)cc1)C(F)(F)F. The van der Waals surface area contributed by atoms with Crippen LogP contribution in [0.5, 0.6) is 0 Å². The molecule has 10 nitrogen and oxygen atoms in total. The molecule has 0 saturated carbocycles. The van der Waals surface area contributed by atoms with Gasteiger partial charge in [0.05, 0.1) is 17.6 Å². The van der Waals surface area contributed by atoms with Gasteiger partial charge in [0.25, 0.3) is 5.91 Å². The predicted molar refractivity (Wildman–Crippen MR) is 124 cm³/mol. The average Bonchev–Trinajstić information content (AvgIpc) is 3.39. The summed E-state index contributed by atoms with van der Waals surface area (Å²) in [5.41, 5.74) is 2.73. The summed E-state index contributed by atoms with van der Waals surface area (Å²) >= 11 is 6.02. The number of hydrogen-bond acceptors (Lipinski definition) is 7. The van der Waals surface area contributed by atoms with Crippen LogP contribution in [0.25, 0.3) is 5.65 Å². The van der Waals surface area contributed by atoms with Crippen LogP contribution in [0.4, 0.5) is 29.3 Å². The minimum Gasteiger partial charge on any atom is -0.439 e. The van der Waals surface area contributed by atoms with Crippen molar-refractivity contribution in [1.29, 1.82) is 0 Å². The van der Waals surface area contributed by atoms with Crippen LogP contribution in [0.15, 0.2) is 36.5 Å². The first-order valence-corrected chi connectivity index (χ1v) is 11.6. The number of amides is 3. The lowest BCUT2D eigenvalue weighted by Gasteiger charge is -2.33. The Kier molecular flexibility index (Phi) is 6.18. The third-order valence-electron chi connectivity index (χ3n) is 6.36. The minimum atomic E-state index is -4.81. The summed E-state index contributed by atoms with van der Waals surface area (Å²) in [6.07, 6.45) is -2.67. The summed E-state index contributed by atoms with van der Waals surface area (Å²) in [5.74, 6) is -1.85. The molecule has 1 fully saturated rings. The fourth-order valence-electron chi connectivity index (χ4n) is 4.59. The van der Waals surface area contributed by atoms with Crippen LogP contribution >= 0.6 is 11.6 Å². The molecule has 0 bridgehead atoms. The van der Waals surface area contributed by atoms with Crippen LogP contribution in [-0.2, 0) is 20.7 Å². The average molecular weight is 537 g/mol. The Bertz CT molecular complexity index is 1380. The number of likely N-dealkylation sites (N-methyl/N-ethyl adjacent to an activating group) is 1. The van der Waals surface area contributed by atoms with Gasteiger partial charge < -0.3 is 14.5 Å². The largest absolute Gasteiger partial charge is 0.439 e. The van der Waals surface area contributed by atoms with Crippen LogP contribution in [0.3, 0.4) is 0 Å². The van der Waals surface area contributed by atoms with E-state index in [1.54, 1.807) is 28.9 Å². The van der Waals surface area contributed by atoms with Crippen molar-refractivity contribution in [2.24, 2.45) is 0 Å². The van der Waals surface area contributed by atoms with Crippen molar-refractivity contribution in [2.45, 2.75) is 25.1 Å². The van der Waals surface area contributed by atoms with Crippen molar-refractivity contribution < 1.29 is 32.3 Å². The maximum absolute atomic E-state index is 14.1. The molecule has 14 heteroatoms. The quantitative estimate of drug-likeness (QED) is 0.492. The van der Waals surface area contributed by atoms with Gasteiger partial charge in [-0.25, -0.2) is 19.2 Å². The molecule has 0 spiro atoms. The molecule has 0 N–H and O–H groups in total. The second kappa shape index (κ2) is 9.21. The van der Waals surface area contributed by atoms with Gasteiger partial charge in [0.15, 0.2) is 23.4 Å². The molecule has 3 aromatic rings. The van der Waals surface area contributed by atoms with Crippen LogP contribution in [0.1, 0.15) is 23.7 Å². The third-order valence-corrected chi connectivity index (χ3v) is 6.55. The number of alkyl halides is 3. The number of hydrogen-bond donors (Lipinski definition) is 0. The molecule has 0 radical (unpaired) electrons. The second-order valence-electron chi connectivity index (χ2n) is 8.66. The highest BCUT2D eigenvalue weighted by molar-refractivity contribution is 6.29. The molecular formula is C23H20ClF3N6O4. The van der Waals surface area contributed by atoms with Gasteiger partial charge in [-0.15, -0.1) is 0 Å². The van der Waals surface area contributed by atoms with Gasteiger partial charge in [0.1, 0.15) is 6.54 Å². The van der Waals surface area contributed by atoms with Crippen LogP contribution in [-0.4, -0.2) is 75.2 Å². The van der Waals surface area contributed by atoms with Crippen LogP contribution in [0, 0.1) is 0 Å².